The molecule has 1 aromatic heterocycles. The first-order valence-electron chi connectivity index (χ1n) is 7.37. The summed E-state index contributed by atoms with van der Waals surface area (Å²) in [6, 6.07) is 9.04. The quantitative estimate of drug-likeness (QED) is 0.909. The van der Waals surface area contributed by atoms with Crippen LogP contribution in [0.15, 0.2) is 28.6 Å². The normalized spacial score (nSPS) is 30.8. The zero-order valence-corrected chi connectivity index (χ0v) is 13.9. The van der Waals surface area contributed by atoms with Gasteiger partial charge in [-0.1, -0.05) is 37.7 Å². The summed E-state index contributed by atoms with van der Waals surface area (Å²) in [5.41, 5.74) is 1.14. The Kier molecular flexibility index (Phi) is 4.34. The average molecular weight is 307 g/mol. The Labute approximate surface area is 129 Å². The van der Waals surface area contributed by atoms with Crippen molar-refractivity contribution >= 4 is 33.3 Å². The number of nitrogens with one attached hydrogen (secondary N) is 1. The summed E-state index contributed by atoms with van der Waals surface area (Å²) in [6.45, 7) is 4.77. The molecule has 4 heteroatoms. The molecule has 0 spiro atoms. The SMILES string of the molecule is CNC1CC(C)CC(C)C1Sc1nc2ccccc2s1. The number of fused-ring (bicyclic) bond motifs is 1. The zero-order valence-electron chi connectivity index (χ0n) is 12.3. The molecule has 0 bridgehead atoms. The standard InChI is InChI=1S/C16H22N2S2/c1-10-8-11(2)15(13(9-10)17-3)20-16-18-12-6-4-5-7-14(12)19-16/h4-7,10-11,13,15,17H,8-9H2,1-3H3. The van der Waals surface area contributed by atoms with Gasteiger partial charge in [-0.2, -0.15) is 0 Å². The van der Waals surface area contributed by atoms with Crippen LogP contribution >= 0.6 is 23.1 Å². The number of thioether (sulfide) groups is 1. The van der Waals surface area contributed by atoms with Crippen molar-refractivity contribution in [2.24, 2.45) is 11.8 Å². The molecular formula is C16H22N2S2. The van der Waals surface area contributed by atoms with Crippen molar-refractivity contribution in [3.8, 4) is 0 Å². The number of para-hydroxylation sites is 1. The van der Waals surface area contributed by atoms with Crippen molar-refractivity contribution in [3.05, 3.63) is 24.3 Å². The Hall–Kier alpha value is -0.580. The molecule has 1 aromatic carbocycles. The lowest BCUT2D eigenvalue weighted by atomic mass is 9.80. The smallest absolute Gasteiger partial charge is 0.151 e. The third-order valence-electron chi connectivity index (χ3n) is 4.27. The van der Waals surface area contributed by atoms with Crippen molar-refractivity contribution in [2.45, 2.75) is 42.3 Å². The Morgan fingerprint density at radius 1 is 1.25 bits per heavy atom. The first kappa shape index (κ1) is 14.4. The van der Waals surface area contributed by atoms with Crippen molar-refractivity contribution < 1.29 is 0 Å². The van der Waals surface area contributed by atoms with Crippen LogP contribution in [0.3, 0.4) is 0 Å². The summed E-state index contributed by atoms with van der Waals surface area (Å²) in [7, 11) is 2.10. The molecule has 0 saturated heterocycles. The van der Waals surface area contributed by atoms with Gasteiger partial charge in [0.1, 0.15) is 0 Å². The molecule has 0 amide bonds. The second kappa shape index (κ2) is 6.04. The van der Waals surface area contributed by atoms with Gasteiger partial charge in [0.2, 0.25) is 0 Å². The molecule has 2 aromatic rings. The number of benzene rings is 1. The minimum absolute atomic E-state index is 0.603. The molecule has 1 fully saturated rings. The highest BCUT2D eigenvalue weighted by Gasteiger charge is 2.34. The minimum atomic E-state index is 0.603. The van der Waals surface area contributed by atoms with Gasteiger partial charge in [-0.3, -0.25) is 0 Å². The molecule has 0 aliphatic heterocycles. The zero-order chi connectivity index (χ0) is 14.1. The van der Waals surface area contributed by atoms with Gasteiger partial charge in [0.25, 0.3) is 0 Å². The fourth-order valence-electron chi connectivity index (χ4n) is 3.33. The van der Waals surface area contributed by atoms with Crippen LogP contribution in [-0.4, -0.2) is 23.3 Å². The summed E-state index contributed by atoms with van der Waals surface area (Å²) in [6.07, 6.45) is 2.62. The number of hydrogen-bond donors (Lipinski definition) is 1. The van der Waals surface area contributed by atoms with Crippen molar-refractivity contribution in [3.63, 3.8) is 0 Å². The highest BCUT2D eigenvalue weighted by atomic mass is 32.2. The van der Waals surface area contributed by atoms with E-state index in [9.17, 15) is 0 Å². The minimum Gasteiger partial charge on any atom is -0.316 e. The molecule has 1 saturated carbocycles. The Morgan fingerprint density at radius 3 is 2.80 bits per heavy atom. The van der Waals surface area contributed by atoms with E-state index >= 15 is 0 Å². The van der Waals surface area contributed by atoms with E-state index in [1.807, 2.05) is 23.1 Å². The maximum absolute atomic E-state index is 4.78. The van der Waals surface area contributed by atoms with Crippen LogP contribution in [-0.2, 0) is 0 Å². The second-order valence-corrected chi connectivity index (χ2v) is 8.43. The van der Waals surface area contributed by atoms with Gasteiger partial charge in [-0.05, 0) is 43.9 Å². The highest BCUT2D eigenvalue weighted by Crippen LogP contribution is 2.41. The van der Waals surface area contributed by atoms with E-state index in [-0.39, 0.29) is 0 Å². The predicted molar refractivity (Wildman–Crippen MR) is 89.7 cm³/mol. The summed E-state index contributed by atoms with van der Waals surface area (Å²) in [5.74, 6) is 1.57. The predicted octanol–water partition coefficient (Wildman–Crippen LogP) is 4.41. The summed E-state index contributed by atoms with van der Waals surface area (Å²) >= 11 is 3.81. The van der Waals surface area contributed by atoms with Crippen molar-refractivity contribution in [1.29, 1.82) is 0 Å². The largest absolute Gasteiger partial charge is 0.316 e. The van der Waals surface area contributed by atoms with Crippen LogP contribution in [0.2, 0.25) is 0 Å². The molecular weight excluding hydrogens is 284 g/mol. The molecule has 20 heavy (non-hydrogen) atoms. The lowest BCUT2D eigenvalue weighted by Crippen LogP contribution is -2.44. The first-order valence-corrected chi connectivity index (χ1v) is 9.06. The van der Waals surface area contributed by atoms with E-state index in [1.54, 1.807) is 0 Å². The van der Waals surface area contributed by atoms with Gasteiger partial charge in [0.05, 0.1) is 10.2 Å². The number of nitrogens with zero attached hydrogens (tertiary/aromatic N) is 1. The molecule has 1 aliphatic rings. The van der Waals surface area contributed by atoms with E-state index in [0.29, 0.717) is 11.3 Å². The topological polar surface area (TPSA) is 24.9 Å². The molecule has 1 heterocycles. The summed E-state index contributed by atoms with van der Waals surface area (Å²) in [4.78, 5) is 4.78. The fourth-order valence-corrected chi connectivity index (χ4v) is 5.96. The second-order valence-electron chi connectivity index (χ2n) is 5.98. The van der Waals surface area contributed by atoms with Gasteiger partial charge in [-0.25, -0.2) is 4.98 Å². The van der Waals surface area contributed by atoms with Gasteiger partial charge in [0.15, 0.2) is 4.34 Å². The van der Waals surface area contributed by atoms with E-state index in [0.717, 1.165) is 17.4 Å². The maximum atomic E-state index is 4.78. The van der Waals surface area contributed by atoms with Crippen molar-refractivity contribution in [1.82, 2.24) is 10.3 Å². The van der Waals surface area contributed by atoms with E-state index in [4.69, 9.17) is 4.98 Å². The van der Waals surface area contributed by atoms with E-state index in [2.05, 4.69) is 50.5 Å². The van der Waals surface area contributed by atoms with Crippen LogP contribution in [0.25, 0.3) is 10.2 Å². The number of rotatable bonds is 3. The molecule has 3 rings (SSSR count). The third kappa shape index (κ3) is 2.87. The Balaban J connectivity index is 1.81. The first-order chi connectivity index (χ1) is 9.67. The summed E-state index contributed by atoms with van der Waals surface area (Å²) < 4.78 is 2.52. The molecule has 1 aliphatic carbocycles. The van der Waals surface area contributed by atoms with Crippen LogP contribution in [0.5, 0.6) is 0 Å². The number of aromatic nitrogens is 1. The monoisotopic (exact) mass is 306 g/mol. The summed E-state index contributed by atoms with van der Waals surface area (Å²) in [5, 5.41) is 4.16. The molecule has 1 N–H and O–H groups in total. The van der Waals surface area contributed by atoms with Crippen molar-refractivity contribution in [2.75, 3.05) is 7.05 Å². The molecule has 4 unspecified atom stereocenters. The lowest BCUT2D eigenvalue weighted by molar-refractivity contribution is 0.257. The number of hydrogen-bond acceptors (Lipinski definition) is 4. The van der Waals surface area contributed by atoms with Crippen LogP contribution in [0, 0.1) is 11.8 Å². The average Bonchev–Trinajstić information content (AvgIpc) is 2.83. The van der Waals surface area contributed by atoms with Gasteiger partial charge < -0.3 is 5.32 Å². The Morgan fingerprint density at radius 2 is 2.05 bits per heavy atom. The van der Waals surface area contributed by atoms with Crippen LogP contribution < -0.4 is 5.32 Å². The third-order valence-corrected chi connectivity index (χ3v) is 7.00. The fraction of sp³-hybridized carbons (Fsp3) is 0.562. The maximum Gasteiger partial charge on any atom is 0.151 e. The highest BCUT2D eigenvalue weighted by molar-refractivity contribution is 8.01. The van der Waals surface area contributed by atoms with E-state index < -0.39 is 0 Å². The molecule has 0 radical (unpaired) electrons. The lowest BCUT2D eigenvalue weighted by Gasteiger charge is -2.38. The molecule has 4 atom stereocenters. The Bertz CT molecular complexity index is 548. The number of thiazole rings is 1. The van der Waals surface area contributed by atoms with E-state index in [1.165, 1.54) is 21.9 Å². The molecule has 108 valence electrons. The van der Waals surface area contributed by atoms with Crippen LogP contribution in [0.4, 0.5) is 0 Å². The molecule has 2 nitrogen and oxygen atoms in total. The van der Waals surface area contributed by atoms with Gasteiger partial charge >= 0.3 is 0 Å². The van der Waals surface area contributed by atoms with Gasteiger partial charge in [-0.15, -0.1) is 11.3 Å². The van der Waals surface area contributed by atoms with Gasteiger partial charge in [0, 0.05) is 11.3 Å². The van der Waals surface area contributed by atoms with Crippen LogP contribution in [0.1, 0.15) is 26.7 Å².